The third-order valence-electron chi connectivity index (χ3n) is 10.7. The van der Waals surface area contributed by atoms with E-state index in [1.54, 1.807) is 0 Å². The van der Waals surface area contributed by atoms with Gasteiger partial charge in [0.25, 0.3) is 0 Å². The van der Waals surface area contributed by atoms with Gasteiger partial charge in [0.15, 0.2) is 12.2 Å². The Morgan fingerprint density at radius 2 is 0.778 bits per heavy atom. The Morgan fingerprint density at radius 1 is 0.444 bits per heavy atom. The average Bonchev–Trinajstić information content (AvgIpc) is 3.98. The lowest BCUT2D eigenvalue weighted by Crippen LogP contribution is -2.36. The number of hydrogen-bond acceptors (Lipinski definition) is 20. The average molecular weight is 993 g/mol. The minimum Gasteiger partial charge on any atom is -0.463 e. The predicted octanol–water partition coefficient (Wildman–Crippen LogP) is 7.26. The van der Waals surface area contributed by atoms with Gasteiger partial charge in [-0.3, -0.25) is 0 Å². The fourth-order valence-electron chi connectivity index (χ4n) is 6.81. The molecule has 4 atom stereocenters. The van der Waals surface area contributed by atoms with Crippen LogP contribution < -0.4 is 18.9 Å². The van der Waals surface area contributed by atoms with Crippen LogP contribution in [0, 0.1) is 0 Å². The van der Waals surface area contributed by atoms with Crippen molar-refractivity contribution in [3.63, 3.8) is 0 Å². The Balaban J connectivity index is 0.776. The molecule has 2 aliphatic heterocycles. The van der Waals surface area contributed by atoms with Crippen molar-refractivity contribution in [2.75, 3.05) is 39.6 Å². The third-order valence-corrected chi connectivity index (χ3v) is 10.7. The molecule has 1 aliphatic carbocycles. The molecule has 7 rings (SSSR count). The van der Waals surface area contributed by atoms with Crippen molar-refractivity contribution in [3.8, 4) is 23.0 Å². The third kappa shape index (κ3) is 15.6. The van der Waals surface area contributed by atoms with Gasteiger partial charge in [0.2, 0.25) is 0 Å². The maximum Gasteiger partial charge on any atom is 0.513 e. The Morgan fingerprint density at radius 3 is 1.14 bits per heavy atom. The summed E-state index contributed by atoms with van der Waals surface area (Å²) in [5, 5.41) is 0. The summed E-state index contributed by atoms with van der Waals surface area (Å²) in [5.41, 5.74) is 1.70. The maximum atomic E-state index is 13.1. The van der Waals surface area contributed by atoms with E-state index < -0.39 is 66.6 Å². The number of carbonyl (C=O) groups excluding carboxylic acids is 8. The standard InChI is InChI=1S/C52H48O20/c1-2-43(53)61-25-3-5-27-63-51(59)69-39-21-13-33(14-22-39)47(55)67-37-17-9-35(10-18-37)49(57)71-41-30-65-46-42(31-66-45(41)46)72-50(58)36-11-19-38(20-12-36)68-48(56)34-15-23-40(24-16-34)70-52(60)64-28-6-4-26-62-44(54)29-32-7-8-32/h2,9-24,29,41-42,45-46H,1,3-8,25-28,30-31H2/t41-,42?,45?,46?/m1/s1. The van der Waals surface area contributed by atoms with Gasteiger partial charge < -0.3 is 56.8 Å². The molecule has 4 aromatic rings. The number of unbranched alkanes of at least 4 members (excludes halogenated alkanes) is 2. The van der Waals surface area contributed by atoms with E-state index in [4.69, 9.17) is 56.8 Å². The monoisotopic (exact) mass is 992 g/mol. The van der Waals surface area contributed by atoms with Crippen LogP contribution >= 0.6 is 0 Å². The molecule has 20 nitrogen and oxygen atoms in total. The van der Waals surface area contributed by atoms with Gasteiger partial charge in [0.1, 0.15) is 35.2 Å². The molecule has 4 aromatic carbocycles. The summed E-state index contributed by atoms with van der Waals surface area (Å²) < 4.78 is 64.1. The van der Waals surface area contributed by atoms with E-state index in [1.807, 2.05) is 0 Å². The topological polar surface area (TPSA) is 247 Å². The highest BCUT2D eigenvalue weighted by Gasteiger charge is 2.51. The van der Waals surface area contributed by atoms with Crippen molar-refractivity contribution >= 4 is 48.1 Å². The summed E-state index contributed by atoms with van der Waals surface area (Å²) in [6.45, 7) is 3.76. The lowest BCUT2D eigenvalue weighted by Gasteiger charge is -2.17. The van der Waals surface area contributed by atoms with Gasteiger partial charge in [-0.05, 0) is 136 Å². The molecule has 3 aliphatic rings. The van der Waals surface area contributed by atoms with Crippen LogP contribution in [0.4, 0.5) is 9.59 Å². The van der Waals surface area contributed by atoms with Gasteiger partial charge in [0, 0.05) is 12.2 Å². The SMILES string of the molecule is C=CC(=O)OCCCCOC(=O)Oc1ccc(C(=O)Oc2ccc(C(=O)O[C@@H]3COC4C(OC(=O)c5ccc(OC(=O)c6ccc(OC(=O)OCCCCOC(=O)C=C7CC7)cc6)cc5)COC43)cc2)cc1. The second-order valence-electron chi connectivity index (χ2n) is 16.0. The molecule has 3 unspecified atom stereocenters. The van der Waals surface area contributed by atoms with Crippen LogP contribution in [-0.2, 0) is 47.5 Å². The van der Waals surface area contributed by atoms with E-state index in [2.05, 4.69) is 6.58 Å². The van der Waals surface area contributed by atoms with Gasteiger partial charge in [-0.1, -0.05) is 12.2 Å². The van der Waals surface area contributed by atoms with Gasteiger partial charge in [0.05, 0.1) is 61.9 Å². The van der Waals surface area contributed by atoms with Crippen molar-refractivity contribution in [2.24, 2.45) is 0 Å². The van der Waals surface area contributed by atoms with Crippen molar-refractivity contribution in [2.45, 2.75) is 62.9 Å². The highest BCUT2D eigenvalue weighted by molar-refractivity contribution is 5.93. The summed E-state index contributed by atoms with van der Waals surface area (Å²) in [6, 6.07) is 22.5. The fraction of sp³-hybridized carbons (Fsp3) is 0.308. The molecule has 2 saturated heterocycles. The Kier molecular flexibility index (Phi) is 18.2. The predicted molar refractivity (Wildman–Crippen MR) is 245 cm³/mol. The Bertz CT molecular complexity index is 2610. The van der Waals surface area contributed by atoms with Crippen molar-refractivity contribution in [3.05, 3.63) is 144 Å². The summed E-state index contributed by atoms with van der Waals surface area (Å²) in [7, 11) is 0. The summed E-state index contributed by atoms with van der Waals surface area (Å²) in [5.74, 6) is -3.15. The van der Waals surface area contributed by atoms with Gasteiger partial charge in [-0.25, -0.2) is 38.4 Å². The van der Waals surface area contributed by atoms with Crippen LogP contribution in [0.3, 0.4) is 0 Å². The van der Waals surface area contributed by atoms with Crippen molar-refractivity contribution in [1.29, 1.82) is 0 Å². The van der Waals surface area contributed by atoms with E-state index in [9.17, 15) is 38.4 Å². The van der Waals surface area contributed by atoms with Crippen LogP contribution in [0.15, 0.2) is 121 Å². The van der Waals surface area contributed by atoms with Gasteiger partial charge in [-0.15, -0.1) is 0 Å². The molecule has 20 heteroatoms. The molecule has 0 radical (unpaired) electrons. The minimum atomic E-state index is -0.944. The zero-order chi connectivity index (χ0) is 50.8. The second-order valence-corrected chi connectivity index (χ2v) is 16.0. The van der Waals surface area contributed by atoms with Crippen molar-refractivity contribution in [1.82, 2.24) is 0 Å². The number of hydrogen-bond donors (Lipinski definition) is 0. The van der Waals surface area contributed by atoms with Crippen LogP contribution in [0.1, 0.15) is 80.0 Å². The largest absolute Gasteiger partial charge is 0.513 e. The maximum absolute atomic E-state index is 13.1. The molecular formula is C52H48O20. The Hall–Kier alpha value is -8.36. The van der Waals surface area contributed by atoms with E-state index in [-0.39, 0.29) is 90.9 Å². The fourth-order valence-corrected chi connectivity index (χ4v) is 6.81. The zero-order valence-electron chi connectivity index (χ0n) is 38.6. The van der Waals surface area contributed by atoms with Crippen LogP contribution in [-0.4, -0.2) is 112 Å². The first kappa shape index (κ1) is 51.5. The number of carbonyl (C=O) groups is 8. The number of allylic oxidation sites excluding steroid dienone is 1. The first-order valence-corrected chi connectivity index (χ1v) is 22.7. The number of ether oxygens (including phenoxy) is 12. The lowest BCUT2D eigenvalue weighted by atomic mass is 10.1. The first-order chi connectivity index (χ1) is 34.9. The molecule has 0 amide bonds. The first-order valence-electron chi connectivity index (χ1n) is 22.7. The van der Waals surface area contributed by atoms with Gasteiger partial charge in [-0.2, -0.15) is 0 Å². The van der Waals surface area contributed by atoms with Gasteiger partial charge >= 0.3 is 48.1 Å². The van der Waals surface area contributed by atoms with Crippen LogP contribution in [0.2, 0.25) is 0 Å². The van der Waals surface area contributed by atoms with E-state index in [1.165, 1.54) is 103 Å². The summed E-state index contributed by atoms with van der Waals surface area (Å²) in [6.07, 6.45) is 1.40. The normalized spacial score (nSPS) is 17.2. The lowest BCUT2D eigenvalue weighted by molar-refractivity contribution is -0.138. The molecule has 72 heavy (non-hydrogen) atoms. The van der Waals surface area contributed by atoms with E-state index in [0.717, 1.165) is 24.5 Å². The van der Waals surface area contributed by atoms with E-state index in [0.29, 0.717) is 25.7 Å². The number of benzene rings is 4. The quantitative estimate of drug-likeness (QED) is 0.0188. The molecule has 3 fully saturated rings. The summed E-state index contributed by atoms with van der Waals surface area (Å²) in [4.78, 5) is 98.3. The minimum absolute atomic E-state index is 0.0177. The number of fused-ring (bicyclic) bond motifs is 1. The highest BCUT2D eigenvalue weighted by Crippen LogP contribution is 2.32. The number of rotatable bonds is 22. The summed E-state index contributed by atoms with van der Waals surface area (Å²) >= 11 is 0. The Labute approximate surface area is 411 Å². The molecule has 2 heterocycles. The highest BCUT2D eigenvalue weighted by atomic mass is 16.7. The second kappa shape index (κ2) is 25.5. The zero-order valence-corrected chi connectivity index (χ0v) is 38.6. The van der Waals surface area contributed by atoms with Crippen LogP contribution in [0.25, 0.3) is 0 Å². The molecule has 0 spiro atoms. The number of esters is 6. The van der Waals surface area contributed by atoms with Crippen LogP contribution in [0.5, 0.6) is 23.0 Å². The molecule has 0 N–H and O–H groups in total. The van der Waals surface area contributed by atoms with E-state index >= 15 is 0 Å². The molecular weight excluding hydrogens is 945 g/mol. The molecule has 376 valence electrons. The molecule has 1 saturated carbocycles. The van der Waals surface area contributed by atoms with Crippen molar-refractivity contribution < 1.29 is 95.2 Å². The smallest absolute Gasteiger partial charge is 0.463 e. The molecule has 0 bridgehead atoms. The molecule has 0 aromatic heterocycles.